The third kappa shape index (κ3) is 6.03. The van der Waals surface area contributed by atoms with E-state index in [-0.39, 0.29) is 5.54 Å². The largest absolute Gasteiger partial charge is 0.312 e. The summed E-state index contributed by atoms with van der Waals surface area (Å²) in [6.45, 7) is 12.5. The molecule has 0 aromatic carbocycles. The molecule has 0 saturated heterocycles. The fourth-order valence-electron chi connectivity index (χ4n) is 1.65. The van der Waals surface area contributed by atoms with Crippen molar-refractivity contribution in [2.24, 2.45) is 11.8 Å². The van der Waals surface area contributed by atoms with Gasteiger partial charge in [0.25, 0.3) is 0 Å². The molecule has 98 valence electrons. The van der Waals surface area contributed by atoms with Crippen LogP contribution >= 0.6 is 27.3 Å². The highest BCUT2D eigenvalue weighted by Crippen LogP contribution is 2.26. The van der Waals surface area contributed by atoms with Gasteiger partial charge >= 0.3 is 0 Å². The van der Waals surface area contributed by atoms with Crippen LogP contribution in [0.3, 0.4) is 0 Å². The first-order valence-corrected chi connectivity index (χ1v) is 7.88. The molecule has 0 amide bonds. The molecule has 2 unspecified atom stereocenters. The van der Waals surface area contributed by atoms with E-state index in [0.717, 1.165) is 12.5 Å². The Balaban J connectivity index is 2.39. The summed E-state index contributed by atoms with van der Waals surface area (Å²) in [6, 6.07) is 4.37. The van der Waals surface area contributed by atoms with Crippen molar-refractivity contribution < 1.29 is 0 Å². The van der Waals surface area contributed by atoms with E-state index < -0.39 is 0 Å². The molecule has 1 aromatic rings. The molecule has 1 aromatic heterocycles. The third-order valence-electron chi connectivity index (χ3n) is 3.08. The van der Waals surface area contributed by atoms with Gasteiger partial charge in [0.05, 0.1) is 3.79 Å². The van der Waals surface area contributed by atoms with Crippen molar-refractivity contribution in [3.8, 4) is 0 Å². The summed E-state index contributed by atoms with van der Waals surface area (Å²) < 4.78 is 1.24. The summed E-state index contributed by atoms with van der Waals surface area (Å²) in [5.41, 5.74) is 0.222. The van der Waals surface area contributed by atoms with E-state index in [2.05, 4.69) is 68.0 Å². The molecule has 0 radical (unpaired) electrons. The fourth-order valence-corrected chi connectivity index (χ4v) is 3.27. The van der Waals surface area contributed by atoms with Crippen LogP contribution in [0.5, 0.6) is 0 Å². The van der Waals surface area contributed by atoms with Crippen molar-refractivity contribution in [3.63, 3.8) is 0 Å². The van der Waals surface area contributed by atoms with Crippen LogP contribution < -0.4 is 5.32 Å². The molecule has 0 aliphatic rings. The summed E-state index contributed by atoms with van der Waals surface area (Å²) in [6.07, 6.45) is 1.18. The highest BCUT2D eigenvalue weighted by Gasteiger charge is 2.16. The van der Waals surface area contributed by atoms with Crippen LogP contribution in [-0.2, 0) is 6.42 Å². The Hall–Kier alpha value is 0.140. The Labute approximate surface area is 118 Å². The topological polar surface area (TPSA) is 12.0 Å². The zero-order chi connectivity index (χ0) is 13.1. The van der Waals surface area contributed by atoms with Crippen molar-refractivity contribution in [3.05, 3.63) is 20.8 Å². The van der Waals surface area contributed by atoms with Gasteiger partial charge in [-0.15, -0.1) is 11.3 Å². The molecule has 1 nitrogen and oxygen atoms in total. The molecule has 17 heavy (non-hydrogen) atoms. The predicted molar refractivity (Wildman–Crippen MR) is 81.8 cm³/mol. The lowest BCUT2D eigenvalue weighted by Gasteiger charge is -2.26. The predicted octanol–water partition coefficient (Wildman–Crippen LogP) is 4.71. The minimum Gasteiger partial charge on any atom is -0.312 e. The van der Waals surface area contributed by atoms with Crippen molar-refractivity contribution in [2.45, 2.75) is 46.6 Å². The lowest BCUT2D eigenvalue weighted by Crippen LogP contribution is -2.40. The average Bonchev–Trinajstić information content (AvgIpc) is 2.59. The standard InChI is InChI=1S/C14H24BrNS/c1-10(8-12-6-7-13(15)17-12)11(2)9-16-14(3,4)5/h6-7,10-11,16H,8-9H2,1-5H3. The Morgan fingerprint density at radius 2 is 1.88 bits per heavy atom. The van der Waals surface area contributed by atoms with Crippen LogP contribution in [0.4, 0.5) is 0 Å². The van der Waals surface area contributed by atoms with Crippen molar-refractivity contribution >= 4 is 27.3 Å². The summed E-state index contributed by atoms with van der Waals surface area (Å²) in [5.74, 6) is 1.42. The first-order valence-electron chi connectivity index (χ1n) is 6.27. The second-order valence-electron chi connectivity index (χ2n) is 6.00. The zero-order valence-electron chi connectivity index (χ0n) is 11.5. The lowest BCUT2D eigenvalue weighted by molar-refractivity contribution is 0.318. The Bertz CT molecular complexity index is 340. The number of rotatable bonds is 5. The van der Waals surface area contributed by atoms with Crippen LogP contribution in [-0.4, -0.2) is 12.1 Å². The summed E-state index contributed by atoms with van der Waals surface area (Å²) in [4.78, 5) is 1.48. The molecule has 1 heterocycles. The van der Waals surface area contributed by atoms with Gasteiger partial charge in [0.1, 0.15) is 0 Å². The Morgan fingerprint density at radius 1 is 1.24 bits per heavy atom. The highest BCUT2D eigenvalue weighted by atomic mass is 79.9. The lowest BCUT2D eigenvalue weighted by atomic mass is 9.91. The summed E-state index contributed by atoms with van der Waals surface area (Å²) in [7, 11) is 0. The number of halogens is 1. The maximum absolute atomic E-state index is 3.59. The van der Waals surface area contributed by atoms with Gasteiger partial charge < -0.3 is 5.32 Å². The van der Waals surface area contributed by atoms with E-state index >= 15 is 0 Å². The van der Waals surface area contributed by atoms with E-state index in [1.54, 1.807) is 0 Å². The molecule has 0 bridgehead atoms. The van der Waals surface area contributed by atoms with Gasteiger partial charge in [-0.1, -0.05) is 13.8 Å². The first-order chi connectivity index (χ1) is 7.78. The molecular weight excluding hydrogens is 294 g/mol. The quantitative estimate of drug-likeness (QED) is 0.829. The number of hydrogen-bond acceptors (Lipinski definition) is 2. The zero-order valence-corrected chi connectivity index (χ0v) is 13.9. The number of thiophene rings is 1. The van der Waals surface area contributed by atoms with Gasteiger partial charge in [0, 0.05) is 10.4 Å². The molecule has 3 heteroatoms. The molecule has 0 aliphatic heterocycles. The van der Waals surface area contributed by atoms with Gasteiger partial charge in [-0.2, -0.15) is 0 Å². The monoisotopic (exact) mass is 317 g/mol. The third-order valence-corrected chi connectivity index (χ3v) is 4.72. The smallest absolute Gasteiger partial charge is 0.0701 e. The SMILES string of the molecule is CC(CNC(C)(C)C)C(C)Cc1ccc(Br)s1. The Morgan fingerprint density at radius 3 is 2.35 bits per heavy atom. The maximum Gasteiger partial charge on any atom is 0.0701 e. The van der Waals surface area contributed by atoms with Crippen LogP contribution in [0.1, 0.15) is 39.5 Å². The molecule has 0 spiro atoms. The molecule has 0 aliphatic carbocycles. The van der Waals surface area contributed by atoms with Gasteiger partial charge in [-0.25, -0.2) is 0 Å². The van der Waals surface area contributed by atoms with Crippen molar-refractivity contribution in [1.82, 2.24) is 5.32 Å². The van der Waals surface area contributed by atoms with E-state index in [1.807, 2.05) is 11.3 Å². The first kappa shape index (κ1) is 15.2. The molecule has 1 N–H and O–H groups in total. The normalized spacial score (nSPS) is 15.9. The minimum absolute atomic E-state index is 0.222. The fraction of sp³-hybridized carbons (Fsp3) is 0.714. The molecule has 0 saturated carbocycles. The maximum atomic E-state index is 3.59. The van der Waals surface area contributed by atoms with E-state index in [9.17, 15) is 0 Å². The van der Waals surface area contributed by atoms with Gasteiger partial charge in [0.2, 0.25) is 0 Å². The van der Waals surface area contributed by atoms with E-state index in [0.29, 0.717) is 5.92 Å². The number of hydrogen-bond donors (Lipinski definition) is 1. The van der Waals surface area contributed by atoms with E-state index in [1.165, 1.54) is 15.1 Å². The van der Waals surface area contributed by atoms with Crippen LogP contribution in [0.25, 0.3) is 0 Å². The summed E-state index contributed by atoms with van der Waals surface area (Å²) >= 11 is 5.38. The van der Waals surface area contributed by atoms with E-state index in [4.69, 9.17) is 0 Å². The van der Waals surface area contributed by atoms with Gasteiger partial charge in [0.15, 0.2) is 0 Å². The molecular formula is C14H24BrNS. The molecule has 0 fully saturated rings. The minimum atomic E-state index is 0.222. The highest BCUT2D eigenvalue weighted by molar-refractivity contribution is 9.11. The van der Waals surface area contributed by atoms with Gasteiger partial charge in [-0.3, -0.25) is 0 Å². The average molecular weight is 318 g/mol. The molecule has 2 atom stereocenters. The second-order valence-corrected chi connectivity index (χ2v) is 8.54. The van der Waals surface area contributed by atoms with Crippen LogP contribution in [0.15, 0.2) is 15.9 Å². The van der Waals surface area contributed by atoms with Crippen molar-refractivity contribution in [1.29, 1.82) is 0 Å². The van der Waals surface area contributed by atoms with Crippen LogP contribution in [0, 0.1) is 11.8 Å². The second kappa shape index (κ2) is 6.35. The Kier molecular flexibility index (Phi) is 5.68. The van der Waals surface area contributed by atoms with Crippen molar-refractivity contribution in [2.75, 3.05) is 6.54 Å². The summed E-state index contributed by atoms with van der Waals surface area (Å²) in [5, 5.41) is 3.59. The van der Waals surface area contributed by atoms with Crippen LogP contribution in [0.2, 0.25) is 0 Å². The van der Waals surface area contributed by atoms with Gasteiger partial charge in [-0.05, 0) is 73.6 Å². The number of nitrogens with one attached hydrogen (secondary N) is 1. The molecule has 1 rings (SSSR count).